The van der Waals surface area contributed by atoms with E-state index in [2.05, 4.69) is 58.4 Å². The van der Waals surface area contributed by atoms with Crippen LogP contribution >= 0.6 is 0 Å². The first-order valence-electron chi connectivity index (χ1n) is 11.2. The molecule has 0 spiro atoms. The topological polar surface area (TPSA) is 53.0 Å². The zero-order valence-corrected chi connectivity index (χ0v) is 18.5. The van der Waals surface area contributed by atoms with Gasteiger partial charge in [0.15, 0.2) is 0 Å². The van der Waals surface area contributed by atoms with Crippen molar-refractivity contribution in [1.29, 1.82) is 0 Å². The molecule has 0 amide bonds. The molecule has 2 aliphatic heterocycles. The summed E-state index contributed by atoms with van der Waals surface area (Å²) in [6.45, 7) is 8.73. The monoisotopic (exact) mass is 433 g/mol. The van der Waals surface area contributed by atoms with E-state index >= 15 is 0 Å². The lowest BCUT2D eigenvalue weighted by Crippen LogP contribution is -2.49. The average molecular weight is 434 g/mol. The van der Waals surface area contributed by atoms with Gasteiger partial charge < -0.3 is 4.90 Å². The highest BCUT2D eigenvalue weighted by Gasteiger charge is 2.24. The van der Waals surface area contributed by atoms with E-state index in [0.29, 0.717) is 11.4 Å². The Morgan fingerprint density at radius 1 is 1.06 bits per heavy atom. The van der Waals surface area contributed by atoms with Gasteiger partial charge in [0.1, 0.15) is 11.7 Å². The molecule has 32 heavy (non-hydrogen) atoms. The molecule has 0 saturated carbocycles. The number of amidine groups is 1. The second kappa shape index (κ2) is 8.84. The van der Waals surface area contributed by atoms with Crippen LogP contribution in [-0.4, -0.2) is 48.4 Å². The third kappa shape index (κ3) is 4.31. The van der Waals surface area contributed by atoms with Crippen LogP contribution in [-0.2, 0) is 4.84 Å². The van der Waals surface area contributed by atoms with E-state index in [4.69, 9.17) is 9.83 Å². The third-order valence-corrected chi connectivity index (χ3v) is 6.22. The number of nitrogens with zero attached hydrogens (tertiary/aromatic N) is 4. The number of aliphatic imine (C=N–C) groups is 1. The van der Waals surface area contributed by atoms with Gasteiger partial charge in [-0.3, -0.25) is 9.88 Å². The minimum Gasteiger partial charge on any atom is -0.368 e. The number of halogens is 1. The molecule has 3 heterocycles. The normalized spacial score (nSPS) is 19.4. The van der Waals surface area contributed by atoms with Crippen molar-refractivity contribution in [3.8, 4) is 0 Å². The molecule has 0 radical (unpaired) electrons. The SMILES string of the molecule is CC(C)c1ccc(C2N=C(CN3CCN(c4ccnc5cc(F)ccc45)CC3)NO2)cc1. The average Bonchev–Trinajstić information content (AvgIpc) is 3.27. The number of piperazine rings is 1. The first kappa shape index (κ1) is 20.8. The maximum atomic E-state index is 13.6. The van der Waals surface area contributed by atoms with Crippen LogP contribution in [0.3, 0.4) is 0 Å². The lowest BCUT2D eigenvalue weighted by molar-refractivity contribution is 0.0365. The van der Waals surface area contributed by atoms with Gasteiger partial charge in [-0.05, 0) is 29.7 Å². The van der Waals surface area contributed by atoms with E-state index in [1.807, 2.05) is 12.1 Å². The summed E-state index contributed by atoms with van der Waals surface area (Å²) < 4.78 is 13.6. The van der Waals surface area contributed by atoms with Gasteiger partial charge in [0, 0.05) is 55.1 Å². The van der Waals surface area contributed by atoms with Crippen molar-refractivity contribution in [2.75, 3.05) is 37.6 Å². The van der Waals surface area contributed by atoms with Crippen molar-refractivity contribution in [2.24, 2.45) is 4.99 Å². The Morgan fingerprint density at radius 2 is 1.84 bits per heavy atom. The van der Waals surface area contributed by atoms with Crippen LogP contribution in [0.5, 0.6) is 0 Å². The van der Waals surface area contributed by atoms with Crippen molar-refractivity contribution in [1.82, 2.24) is 15.4 Å². The molecule has 166 valence electrons. The van der Waals surface area contributed by atoms with E-state index in [-0.39, 0.29) is 12.0 Å². The molecule has 5 rings (SSSR count). The lowest BCUT2D eigenvalue weighted by Gasteiger charge is -2.36. The Kier molecular flexibility index (Phi) is 5.76. The quantitative estimate of drug-likeness (QED) is 0.652. The zero-order valence-electron chi connectivity index (χ0n) is 18.5. The van der Waals surface area contributed by atoms with Crippen LogP contribution in [0, 0.1) is 5.82 Å². The molecule has 1 unspecified atom stereocenters. The van der Waals surface area contributed by atoms with Crippen molar-refractivity contribution >= 4 is 22.4 Å². The molecule has 1 fully saturated rings. The van der Waals surface area contributed by atoms with Gasteiger partial charge in [-0.25, -0.2) is 19.7 Å². The number of rotatable bonds is 5. The standard InChI is InChI=1S/C25H28FN5O/c1-17(2)18-3-5-19(6-4-18)25-28-24(29-32-25)16-30-11-13-31(14-12-30)23-9-10-27-22-15-20(26)7-8-21(22)23/h3-10,15,17,25H,11-14,16H2,1-2H3,(H,28,29). The number of fused-ring (bicyclic) bond motifs is 1. The second-order valence-corrected chi connectivity index (χ2v) is 8.72. The summed E-state index contributed by atoms with van der Waals surface area (Å²) in [4.78, 5) is 19.5. The van der Waals surface area contributed by atoms with Crippen LogP contribution in [0.25, 0.3) is 10.9 Å². The van der Waals surface area contributed by atoms with Gasteiger partial charge in [-0.1, -0.05) is 38.1 Å². The largest absolute Gasteiger partial charge is 0.368 e. The summed E-state index contributed by atoms with van der Waals surface area (Å²) in [7, 11) is 0. The first-order chi connectivity index (χ1) is 15.6. The number of anilines is 1. The smallest absolute Gasteiger partial charge is 0.202 e. The van der Waals surface area contributed by atoms with E-state index in [0.717, 1.165) is 55.2 Å². The highest BCUT2D eigenvalue weighted by Crippen LogP contribution is 2.27. The Balaban J connectivity index is 1.20. The molecule has 1 N–H and O–H groups in total. The fourth-order valence-electron chi connectivity index (χ4n) is 4.32. The Labute approximate surface area is 187 Å². The second-order valence-electron chi connectivity index (χ2n) is 8.72. The number of nitrogens with one attached hydrogen (secondary N) is 1. The van der Waals surface area contributed by atoms with Crippen molar-refractivity contribution in [3.63, 3.8) is 0 Å². The molecule has 1 saturated heterocycles. The molecular formula is C25H28FN5O. The Hall–Kier alpha value is -3.03. The Morgan fingerprint density at radius 3 is 2.59 bits per heavy atom. The number of hydrogen-bond donors (Lipinski definition) is 1. The molecule has 3 aromatic rings. The number of hydrogen-bond acceptors (Lipinski definition) is 6. The predicted octanol–water partition coefficient (Wildman–Crippen LogP) is 4.25. The molecule has 0 aliphatic carbocycles. The maximum Gasteiger partial charge on any atom is 0.202 e. The van der Waals surface area contributed by atoms with Crippen LogP contribution < -0.4 is 10.4 Å². The van der Waals surface area contributed by atoms with Crippen molar-refractivity contribution in [2.45, 2.75) is 26.0 Å². The van der Waals surface area contributed by atoms with Gasteiger partial charge >= 0.3 is 0 Å². The Bertz CT molecular complexity index is 1120. The van der Waals surface area contributed by atoms with Crippen LogP contribution in [0.2, 0.25) is 0 Å². The highest BCUT2D eigenvalue weighted by molar-refractivity contribution is 5.91. The molecule has 2 aromatic carbocycles. The summed E-state index contributed by atoms with van der Waals surface area (Å²) in [6.07, 6.45) is 1.46. The highest BCUT2D eigenvalue weighted by atomic mass is 19.1. The minimum absolute atomic E-state index is 0.256. The molecule has 1 atom stereocenters. The maximum absolute atomic E-state index is 13.6. The lowest BCUT2D eigenvalue weighted by atomic mass is 10.0. The van der Waals surface area contributed by atoms with E-state index in [9.17, 15) is 4.39 Å². The van der Waals surface area contributed by atoms with Gasteiger partial charge in [-0.2, -0.15) is 0 Å². The van der Waals surface area contributed by atoms with Gasteiger partial charge in [0.25, 0.3) is 0 Å². The molecule has 7 heteroatoms. The summed E-state index contributed by atoms with van der Waals surface area (Å²) in [5, 5.41) is 0.990. The summed E-state index contributed by atoms with van der Waals surface area (Å²) in [6, 6.07) is 15.3. The fourth-order valence-corrected chi connectivity index (χ4v) is 4.32. The van der Waals surface area contributed by atoms with Gasteiger partial charge in [0.2, 0.25) is 6.23 Å². The van der Waals surface area contributed by atoms with E-state index in [1.54, 1.807) is 6.20 Å². The molecule has 6 nitrogen and oxygen atoms in total. The first-order valence-corrected chi connectivity index (χ1v) is 11.2. The summed E-state index contributed by atoms with van der Waals surface area (Å²) in [5.74, 6) is 1.12. The van der Waals surface area contributed by atoms with Crippen LogP contribution in [0.1, 0.15) is 37.1 Å². The zero-order chi connectivity index (χ0) is 22.1. The summed E-state index contributed by atoms with van der Waals surface area (Å²) in [5.41, 5.74) is 7.19. The summed E-state index contributed by atoms with van der Waals surface area (Å²) >= 11 is 0. The fraction of sp³-hybridized carbons (Fsp3) is 0.360. The van der Waals surface area contributed by atoms with Gasteiger partial charge in [0.05, 0.1) is 12.1 Å². The number of pyridine rings is 1. The van der Waals surface area contributed by atoms with Gasteiger partial charge in [-0.15, -0.1) is 0 Å². The minimum atomic E-state index is -0.295. The van der Waals surface area contributed by atoms with Crippen molar-refractivity contribution in [3.05, 3.63) is 71.7 Å². The number of hydroxylamine groups is 1. The molecule has 0 bridgehead atoms. The number of aromatic nitrogens is 1. The number of benzene rings is 2. The van der Waals surface area contributed by atoms with Crippen LogP contribution in [0.15, 0.2) is 59.7 Å². The van der Waals surface area contributed by atoms with E-state index in [1.165, 1.54) is 17.7 Å². The van der Waals surface area contributed by atoms with Crippen molar-refractivity contribution < 1.29 is 9.23 Å². The third-order valence-electron chi connectivity index (χ3n) is 6.22. The van der Waals surface area contributed by atoms with Crippen LogP contribution in [0.4, 0.5) is 10.1 Å². The predicted molar refractivity (Wildman–Crippen MR) is 125 cm³/mol. The molecule has 1 aromatic heterocycles. The van der Waals surface area contributed by atoms with E-state index < -0.39 is 0 Å². The molecule has 2 aliphatic rings. The molecular weight excluding hydrogens is 405 g/mol.